The molecule has 0 unspecified atom stereocenters. The van der Waals surface area contributed by atoms with Crippen LogP contribution in [0.25, 0.3) is 0 Å². The third kappa shape index (κ3) is 3.66. The van der Waals surface area contributed by atoms with Crippen LogP contribution in [0.1, 0.15) is 35.0 Å². The fraction of sp³-hybridized carbons (Fsp3) is 0.583. The van der Waals surface area contributed by atoms with Crippen molar-refractivity contribution in [2.24, 2.45) is 0 Å². The molecule has 3 N–H and O–H groups in total. The van der Waals surface area contributed by atoms with Crippen molar-refractivity contribution < 1.29 is 4.79 Å². The molecule has 0 aliphatic carbocycles. The van der Waals surface area contributed by atoms with Crippen LogP contribution in [0.5, 0.6) is 0 Å². The molecule has 100 valence electrons. The molecule has 0 aliphatic rings. The van der Waals surface area contributed by atoms with Gasteiger partial charge in [-0.05, 0) is 32.4 Å². The van der Waals surface area contributed by atoms with E-state index < -0.39 is 5.56 Å². The van der Waals surface area contributed by atoms with Crippen molar-refractivity contribution in [2.45, 2.75) is 27.2 Å². The highest BCUT2D eigenvalue weighted by Crippen LogP contribution is 2.04. The number of aromatic nitrogens is 2. The van der Waals surface area contributed by atoms with Crippen LogP contribution >= 0.6 is 0 Å². The maximum atomic E-state index is 11.9. The molecular weight excluding hydrogens is 232 g/mol. The maximum Gasteiger partial charge on any atom is 0.277 e. The van der Waals surface area contributed by atoms with Gasteiger partial charge in [0.15, 0.2) is 0 Å². The molecule has 6 nitrogen and oxygen atoms in total. The van der Waals surface area contributed by atoms with Crippen LogP contribution in [0.15, 0.2) is 4.79 Å². The lowest BCUT2D eigenvalue weighted by Gasteiger charge is -2.08. The van der Waals surface area contributed by atoms with Crippen molar-refractivity contribution in [1.82, 2.24) is 20.8 Å². The second-order valence-electron chi connectivity index (χ2n) is 4.14. The van der Waals surface area contributed by atoms with Gasteiger partial charge < -0.3 is 10.6 Å². The fourth-order valence-corrected chi connectivity index (χ4v) is 1.55. The van der Waals surface area contributed by atoms with Crippen LogP contribution in [0, 0.1) is 13.8 Å². The minimum absolute atomic E-state index is 0.151. The Labute approximate surface area is 106 Å². The van der Waals surface area contributed by atoms with Crippen molar-refractivity contribution in [2.75, 3.05) is 19.6 Å². The number of H-pyrrole nitrogens is 1. The minimum atomic E-state index is -0.447. The molecule has 6 heteroatoms. The number of amides is 1. The van der Waals surface area contributed by atoms with E-state index in [1.165, 1.54) is 0 Å². The molecular formula is C12H20N4O2. The van der Waals surface area contributed by atoms with E-state index in [2.05, 4.69) is 27.8 Å². The average molecular weight is 252 g/mol. The van der Waals surface area contributed by atoms with Gasteiger partial charge in [0.05, 0.1) is 5.69 Å². The molecule has 0 saturated heterocycles. The van der Waals surface area contributed by atoms with Crippen LogP contribution < -0.4 is 16.2 Å². The zero-order valence-corrected chi connectivity index (χ0v) is 11.1. The van der Waals surface area contributed by atoms with Gasteiger partial charge in [-0.3, -0.25) is 9.59 Å². The first-order valence-electron chi connectivity index (χ1n) is 6.12. The summed E-state index contributed by atoms with van der Waals surface area (Å²) in [6.07, 6.45) is 1.05. The largest absolute Gasteiger partial charge is 0.351 e. The predicted octanol–water partition coefficient (Wildman–Crippen LogP) is 0.116. The molecule has 0 bridgehead atoms. The van der Waals surface area contributed by atoms with Crippen molar-refractivity contribution in [3.63, 3.8) is 0 Å². The molecule has 1 heterocycles. The lowest BCUT2D eigenvalue weighted by atomic mass is 10.1. The topological polar surface area (TPSA) is 86.9 Å². The molecule has 0 aliphatic heterocycles. The Kier molecular flexibility index (Phi) is 5.51. The Morgan fingerprint density at radius 1 is 1.28 bits per heavy atom. The predicted molar refractivity (Wildman–Crippen MR) is 69.8 cm³/mol. The summed E-state index contributed by atoms with van der Waals surface area (Å²) in [6, 6.07) is 0. The molecule has 1 amide bonds. The number of carbonyl (C=O) groups is 1. The summed E-state index contributed by atoms with van der Waals surface area (Å²) in [7, 11) is 0. The van der Waals surface area contributed by atoms with E-state index >= 15 is 0 Å². The monoisotopic (exact) mass is 252 g/mol. The quantitative estimate of drug-likeness (QED) is 0.627. The van der Waals surface area contributed by atoms with Gasteiger partial charge in [-0.2, -0.15) is 5.10 Å². The highest BCUT2D eigenvalue weighted by molar-refractivity contribution is 5.95. The Morgan fingerprint density at radius 2 is 2.00 bits per heavy atom. The van der Waals surface area contributed by atoms with E-state index in [9.17, 15) is 9.59 Å². The van der Waals surface area contributed by atoms with Gasteiger partial charge in [-0.25, -0.2) is 5.10 Å². The number of hydrogen-bond acceptors (Lipinski definition) is 4. The Balaban J connectivity index is 2.62. The van der Waals surface area contributed by atoms with Crippen LogP contribution in [-0.2, 0) is 0 Å². The summed E-state index contributed by atoms with van der Waals surface area (Å²) in [4.78, 5) is 23.5. The van der Waals surface area contributed by atoms with Gasteiger partial charge in [-0.1, -0.05) is 6.92 Å². The number of nitrogens with one attached hydrogen (secondary N) is 3. The van der Waals surface area contributed by atoms with E-state index in [-0.39, 0.29) is 11.5 Å². The first-order chi connectivity index (χ1) is 8.57. The molecule has 0 aromatic carbocycles. The Hall–Kier alpha value is -1.69. The summed E-state index contributed by atoms with van der Waals surface area (Å²) < 4.78 is 0. The molecule has 18 heavy (non-hydrogen) atoms. The molecule has 0 radical (unpaired) electrons. The number of nitrogens with zero attached hydrogens (tertiary/aromatic N) is 1. The van der Waals surface area contributed by atoms with Crippen LogP contribution in [0.3, 0.4) is 0 Å². The summed E-state index contributed by atoms with van der Waals surface area (Å²) >= 11 is 0. The number of aryl methyl sites for hydroxylation is 1. The number of aromatic amines is 1. The van der Waals surface area contributed by atoms with Gasteiger partial charge >= 0.3 is 0 Å². The highest BCUT2D eigenvalue weighted by Gasteiger charge is 2.15. The first-order valence-corrected chi connectivity index (χ1v) is 6.12. The van der Waals surface area contributed by atoms with E-state index in [1.807, 2.05) is 0 Å². The standard InChI is InChI=1S/C12H20N4O2/c1-4-5-13-6-7-14-11(17)10-8(2)9(3)15-16-12(10)18/h13H,4-7H2,1-3H3,(H,14,17)(H,16,18). The molecule has 1 rings (SSSR count). The Morgan fingerprint density at radius 3 is 2.67 bits per heavy atom. The number of rotatable bonds is 6. The van der Waals surface area contributed by atoms with E-state index in [0.29, 0.717) is 24.3 Å². The lowest BCUT2D eigenvalue weighted by molar-refractivity contribution is 0.0951. The van der Waals surface area contributed by atoms with Gasteiger partial charge in [0.25, 0.3) is 11.5 Å². The molecule has 0 atom stereocenters. The molecule has 0 saturated carbocycles. The van der Waals surface area contributed by atoms with E-state index in [4.69, 9.17) is 0 Å². The van der Waals surface area contributed by atoms with Crippen LogP contribution in [-0.4, -0.2) is 35.7 Å². The summed E-state index contributed by atoms with van der Waals surface area (Å²) in [5, 5.41) is 12.0. The minimum Gasteiger partial charge on any atom is -0.351 e. The van der Waals surface area contributed by atoms with Gasteiger partial charge in [0, 0.05) is 13.1 Å². The zero-order valence-electron chi connectivity index (χ0n) is 11.1. The fourth-order valence-electron chi connectivity index (χ4n) is 1.55. The highest BCUT2D eigenvalue weighted by atomic mass is 16.2. The summed E-state index contributed by atoms with van der Waals surface area (Å²) in [5.74, 6) is -0.349. The van der Waals surface area contributed by atoms with Crippen LogP contribution in [0.4, 0.5) is 0 Å². The molecule has 0 fully saturated rings. The first kappa shape index (κ1) is 14.4. The van der Waals surface area contributed by atoms with Crippen molar-refractivity contribution >= 4 is 5.91 Å². The van der Waals surface area contributed by atoms with Gasteiger partial charge in [0.2, 0.25) is 0 Å². The Bertz CT molecular complexity index is 468. The van der Waals surface area contributed by atoms with Crippen LogP contribution in [0.2, 0.25) is 0 Å². The van der Waals surface area contributed by atoms with Gasteiger partial charge in [-0.15, -0.1) is 0 Å². The normalized spacial score (nSPS) is 10.4. The number of carbonyl (C=O) groups excluding carboxylic acids is 1. The van der Waals surface area contributed by atoms with Crippen molar-refractivity contribution in [3.05, 3.63) is 27.2 Å². The van der Waals surface area contributed by atoms with E-state index in [0.717, 1.165) is 13.0 Å². The molecule has 1 aromatic heterocycles. The maximum absolute atomic E-state index is 11.9. The molecule has 0 spiro atoms. The summed E-state index contributed by atoms with van der Waals surface area (Å²) in [5.41, 5.74) is 0.983. The van der Waals surface area contributed by atoms with E-state index in [1.54, 1.807) is 13.8 Å². The number of hydrogen-bond donors (Lipinski definition) is 3. The second-order valence-corrected chi connectivity index (χ2v) is 4.14. The third-order valence-electron chi connectivity index (χ3n) is 2.71. The zero-order chi connectivity index (χ0) is 13.5. The smallest absolute Gasteiger partial charge is 0.277 e. The summed E-state index contributed by atoms with van der Waals surface area (Å²) in [6.45, 7) is 7.67. The SMILES string of the molecule is CCCNCCNC(=O)c1c(C)c(C)n[nH]c1=O. The average Bonchev–Trinajstić information content (AvgIpc) is 2.34. The van der Waals surface area contributed by atoms with Crippen molar-refractivity contribution in [3.8, 4) is 0 Å². The lowest BCUT2D eigenvalue weighted by Crippen LogP contribution is -2.36. The third-order valence-corrected chi connectivity index (χ3v) is 2.71. The van der Waals surface area contributed by atoms with Crippen molar-refractivity contribution in [1.29, 1.82) is 0 Å². The second kappa shape index (κ2) is 6.90. The molecule has 1 aromatic rings. The van der Waals surface area contributed by atoms with Gasteiger partial charge in [0.1, 0.15) is 5.56 Å².